The van der Waals surface area contributed by atoms with Crippen LogP contribution < -0.4 is 5.32 Å². The third kappa shape index (κ3) is 3.90. The standard InChI is InChI=1S/C21H31N3O/c25-21(24-13-10-20(16-24)23-14-11-22-12-15-23)19-8-6-18(7-9-19)17-4-2-1-3-5-17/h1-5,18-20,22H,6-16H2. The molecule has 1 N–H and O–H groups in total. The second-order valence-corrected chi connectivity index (χ2v) is 7.97. The summed E-state index contributed by atoms with van der Waals surface area (Å²) in [6, 6.07) is 11.4. The number of piperazine rings is 1. The van der Waals surface area contributed by atoms with Crippen LogP contribution in [0.1, 0.15) is 43.6 Å². The van der Waals surface area contributed by atoms with Gasteiger partial charge in [-0.2, -0.15) is 0 Å². The van der Waals surface area contributed by atoms with Gasteiger partial charge in [-0.15, -0.1) is 0 Å². The molecular formula is C21H31N3O. The summed E-state index contributed by atoms with van der Waals surface area (Å²) in [7, 11) is 0. The van der Waals surface area contributed by atoms with Crippen LogP contribution in [0.4, 0.5) is 0 Å². The van der Waals surface area contributed by atoms with Crippen LogP contribution in [-0.4, -0.2) is 61.0 Å². The third-order valence-electron chi connectivity index (χ3n) is 6.49. The van der Waals surface area contributed by atoms with Crippen molar-refractivity contribution in [3.63, 3.8) is 0 Å². The molecule has 2 saturated heterocycles. The summed E-state index contributed by atoms with van der Waals surface area (Å²) in [6.07, 6.45) is 5.61. The number of hydrogen-bond donors (Lipinski definition) is 1. The van der Waals surface area contributed by atoms with E-state index in [1.54, 1.807) is 0 Å². The summed E-state index contributed by atoms with van der Waals surface area (Å²) < 4.78 is 0. The topological polar surface area (TPSA) is 35.6 Å². The van der Waals surface area contributed by atoms with Crippen LogP contribution in [0.5, 0.6) is 0 Å². The first-order chi connectivity index (χ1) is 12.3. The zero-order chi connectivity index (χ0) is 17.1. The van der Waals surface area contributed by atoms with Crippen LogP contribution in [0.25, 0.3) is 0 Å². The second kappa shape index (κ2) is 7.88. The quantitative estimate of drug-likeness (QED) is 0.917. The molecule has 4 nitrogen and oxygen atoms in total. The van der Waals surface area contributed by atoms with Crippen molar-refractivity contribution in [3.05, 3.63) is 35.9 Å². The molecule has 3 aliphatic rings. The van der Waals surface area contributed by atoms with Crippen LogP contribution in [0, 0.1) is 5.92 Å². The number of carbonyl (C=O) groups excluding carboxylic acids is 1. The Labute approximate surface area is 151 Å². The zero-order valence-electron chi connectivity index (χ0n) is 15.2. The molecule has 0 aromatic heterocycles. The van der Waals surface area contributed by atoms with E-state index in [1.807, 2.05) is 0 Å². The Morgan fingerprint density at radius 3 is 2.36 bits per heavy atom. The highest BCUT2D eigenvalue weighted by Gasteiger charge is 2.35. The summed E-state index contributed by atoms with van der Waals surface area (Å²) in [4.78, 5) is 17.7. The predicted octanol–water partition coefficient (Wildman–Crippen LogP) is 2.47. The van der Waals surface area contributed by atoms with Gasteiger partial charge in [-0.05, 0) is 43.6 Å². The van der Waals surface area contributed by atoms with Gasteiger partial charge in [0.05, 0.1) is 0 Å². The van der Waals surface area contributed by atoms with E-state index in [2.05, 4.69) is 45.4 Å². The van der Waals surface area contributed by atoms with Crippen molar-refractivity contribution in [2.45, 2.75) is 44.1 Å². The van der Waals surface area contributed by atoms with Gasteiger partial charge in [0.15, 0.2) is 0 Å². The van der Waals surface area contributed by atoms with E-state index in [4.69, 9.17) is 0 Å². The minimum absolute atomic E-state index is 0.265. The fourth-order valence-electron chi connectivity index (χ4n) is 4.94. The second-order valence-electron chi connectivity index (χ2n) is 7.97. The number of carbonyl (C=O) groups is 1. The van der Waals surface area contributed by atoms with Crippen LogP contribution >= 0.6 is 0 Å². The first-order valence-electron chi connectivity index (χ1n) is 10.1. The van der Waals surface area contributed by atoms with E-state index in [0.29, 0.717) is 17.9 Å². The van der Waals surface area contributed by atoms with Crippen molar-refractivity contribution in [2.24, 2.45) is 5.92 Å². The maximum atomic E-state index is 13.0. The molecular weight excluding hydrogens is 310 g/mol. The SMILES string of the molecule is O=C(C1CCC(c2ccccc2)CC1)N1CCC(N2CCNCC2)C1. The Bertz CT molecular complexity index is 562. The highest BCUT2D eigenvalue weighted by atomic mass is 16.2. The molecule has 1 atom stereocenters. The van der Waals surface area contributed by atoms with E-state index >= 15 is 0 Å². The summed E-state index contributed by atoms with van der Waals surface area (Å²) >= 11 is 0. The lowest BCUT2D eigenvalue weighted by atomic mass is 9.78. The van der Waals surface area contributed by atoms with Crippen LogP contribution in [0.2, 0.25) is 0 Å². The monoisotopic (exact) mass is 341 g/mol. The first-order valence-corrected chi connectivity index (χ1v) is 10.1. The van der Waals surface area contributed by atoms with Gasteiger partial charge in [0, 0.05) is 51.2 Å². The summed E-state index contributed by atoms with van der Waals surface area (Å²) in [5, 5.41) is 3.42. The molecule has 1 aromatic rings. The molecule has 4 rings (SSSR count). The molecule has 1 aliphatic carbocycles. The number of hydrogen-bond acceptors (Lipinski definition) is 3. The fraction of sp³-hybridized carbons (Fsp3) is 0.667. The van der Waals surface area contributed by atoms with Gasteiger partial charge in [-0.25, -0.2) is 0 Å². The Morgan fingerprint density at radius 1 is 0.920 bits per heavy atom. The molecule has 2 aliphatic heterocycles. The van der Waals surface area contributed by atoms with Crippen LogP contribution in [-0.2, 0) is 4.79 Å². The summed E-state index contributed by atoms with van der Waals surface area (Å²) in [5.41, 5.74) is 1.45. The average Bonchev–Trinajstić information content (AvgIpc) is 3.19. The Hall–Kier alpha value is -1.39. The molecule has 0 radical (unpaired) electrons. The lowest BCUT2D eigenvalue weighted by Gasteiger charge is -2.33. The van der Waals surface area contributed by atoms with Gasteiger partial charge >= 0.3 is 0 Å². The van der Waals surface area contributed by atoms with Crippen molar-refractivity contribution in [3.8, 4) is 0 Å². The van der Waals surface area contributed by atoms with Gasteiger partial charge in [-0.3, -0.25) is 9.69 Å². The molecule has 25 heavy (non-hydrogen) atoms. The lowest BCUT2D eigenvalue weighted by molar-refractivity contribution is -0.135. The molecule has 136 valence electrons. The minimum Gasteiger partial charge on any atom is -0.341 e. The van der Waals surface area contributed by atoms with E-state index in [1.165, 1.54) is 5.56 Å². The third-order valence-corrected chi connectivity index (χ3v) is 6.49. The van der Waals surface area contributed by atoms with Gasteiger partial charge in [0.1, 0.15) is 0 Å². The Kier molecular flexibility index (Phi) is 5.37. The summed E-state index contributed by atoms with van der Waals surface area (Å²) in [6.45, 7) is 6.37. The smallest absolute Gasteiger partial charge is 0.225 e. The molecule has 3 fully saturated rings. The number of likely N-dealkylation sites (tertiary alicyclic amines) is 1. The highest BCUT2D eigenvalue weighted by Crippen LogP contribution is 2.36. The number of rotatable bonds is 3. The lowest BCUT2D eigenvalue weighted by Crippen LogP contribution is -2.49. The van der Waals surface area contributed by atoms with Crippen molar-refractivity contribution in [1.29, 1.82) is 0 Å². The van der Waals surface area contributed by atoms with E-state index in [0.717, 1.165) is 71.4 Å². The fourth-order valence-corrected chi connectivity index (χ4v) is 4.94. The molecule has 1 saturated carbocycles. The van der Waals surface area contributed by atoms with E-state index < -0.39 is 0 Å². The molecule has 1 aromatic carbocycles. The van der Waals surface area contributed by atoms with Crippen LogP contribution in [0.3, 0.4) is 0 Å². The molecule has 2 heterocycles. The van der Waals surface area contributed by atoms with Crippen molar-refractivity contribution >= 4 is 5.91 Å². The van der Waals surface area contributed by atoms with Gasteiger partial charge in [0.25, 0.3) is 0 Å². The largest absolute Gasteiger partial charge is 0.341 e. The number of amides is 1. The van der Waals surface area contributed by atoms with Crippen molar-refractivity contribution in [1.82, 2.24) is 15.1 Å². The average molecular weight is 341 g/mol. The van der Waals surface area contributed by atoms with Crippen molar-refractivity contribution in [2.75, 3.05) is 39.3 Å². The van der Waals surface area contributed by atoms with Gasteiger partial charge in [0.2, 0.25) is 5.91 Å². The number of nitrogens with zero attached hydrogens (tertiary/aromatic N) is 2. The molecule has 0 spiro atoms. The maximum Gasteiger partial charge on any atom is 0.225 e. The van der Waals surface area contributed by atoms with E-state index in [-0.39, 0.29) is 5.92 Å². The Morgan fingerprint density at radius 2 is 1.64 bits per heavy atom. The normalized spacial score (nSPS) is 31.2. The highest BCUT2D eigenvalue weighted by molar-refractivity contribution is 5.79. The predicted molar refractivity (Wildman–Crippen MR) is 101 cm³/mol. The molecule has 1 amide bonds. The molecule has 0 bridgehead atoms. The van der Waals surface area contributed by atoms with Gasteiger partial charge in [-0.1, -0.05) is 30.3 Å². The van der Waals surface area contributed by atoms with Crippen LogP contribution in [0.15, 0.2) is 30.3 Å². The van der Waals surface area contributed by atoms with Crippen molar-refractivity contribution < 1.29 is 4.79 Å². The number of nitrogens with one attached hydrogen (secondary N) is 1. The van der Waals surface area contributed by atoms with Gasteiger partial charge < -0.3 is 10.2 Å². The Balaban J connectivity index is 1.28. The van der Waals surface area contributed by atoms with E-state index in [9.17, 15) is 4.79 Å². The first kappa shape index (κ1) is 17.0. The number of benzene rings is 1. The molecule has 4 heteroatoms. The summed E-state index contributed by atoms with van der Waals surface area (Å²) in [5.74, 6) is 1.35. The molecule has 1 unspecified atom stereocenters. The maximum absolute atomic E-state index is 13.0. The zero-order valence-corrected chi connectivity index (χ0v) is 15.2. The minimum atomic E-state index is 0.265.